The molecule has 0 bridgehead atoms. The number of halogens is 3. The Bertz CT molecular complexity index is 2600. The molecule has 1 aliphatic rings. The number of rotatable bonds is 21. The van der Waals surface area contributed by atoms with Crippen LogP contribution in [0.4, 0.5) is 4.39 Å². The number of nitrogens with one attached hydrogen (secondary N) is 2. The number of aromatic nitrogens is 3. The van der Waals surface area contributed by atoms with Crippen molar-refractivity contribution in [3.05, 3.63) is 129 Å². The normalized spacial score (nSPS) is 16.2. The van der Waals surface area contributed by atoms with E-state index in [0.717, 1.165) is 28.3 Å². The van der Waals surface area contributed by atoms with Gasteiger partial charge in [0.25, 0.3) is 0 Å². The molecule has 4 atom stereocenters. The summed E-state index contributed by atoms with van der Waals surface area (Å²) in [5.41, 5.74) is 3.21. The number of imidazole rings is 1. The number of likely N-dealkylation sites (tertiary alicyclic amines) is 1. The van der Waals surface area contributed by atoms with Crippen LogP contribution in [-0.2, 0) is 56.9 Å². The smallest absolute Gasteiger partial charge is 0.304 e. The van der Waals surface area contributed by atoms with Gasteiger partial charge in [0.15, 0.2) is 0 Å². The Morgan fingerprint density at radius 2 is 1.72 bits per heavy atom. The molecule has 1 saturated heterocycles. The van der Waals surface area contributed by atoms with Gasteiger partial charge in [-0.05, 0) is 113 Å². The third-order valence-electron chi connectivity index (χ3n) is 12.5. The zero-order valence-electron chi connectivity index (χ0n) is 40.1. The second kappa shape index (κ2) is 23.6. The minimum atomic E-state index is -1.16. The maximum atomic E-state index is 15.6. The number of hydrogen-bond donors (Lipinski definition) is 3. The van der Waals surface area contributed by atoms with Gasteiger partial charge < -0.3 is 44.5 Å². The number of carbonyl (C=O) groups is 4. The molecule has 15 nitrogen and oxygen atoms in total. The molecule has 18 heteroatoms. The summed E-state index contributed by atoms with van der Waals surface area (Å²) < 4.78 is 29.3. The highest BCUT2D eigenvalue weighted by Gasteiger charge is 2.45. The maximum Gasteiger partial charge on any atom is 0.304 e. The summed E-state index contributed by atoms with van der Waals surface area (Å²) in [6.45, 7) is 4.26. The Morgan fingerprint density at radius 1 is 1.00 bits per heavy atom. The van der Waals surface area contributed by atoms with E-state index in [4.69, 9.17) is 32.7 Å². The molecule has 368 valence electrons. The molecule has 6 rings (SSSR count). The van der Waals surface area contributed by atoms with E-state index in [-0.39, 0.29) is 48.4 Å². The molecular weight excluding hydrogens is 927 g/mol. The van der Waals surface area contributed by atoms with E-state index in [0.29, 0.717) is 48.8 Å². The topological polar surface area (TPSA) is 171 Å². The van der Waals surface area contributed by atoms with Crippen LogP contribution in [-0.4, -0.2) is 124 Å². The first kappa shape index (κ1) is 52.5. The van der Waals surface area contributed by atoms with Crippen molar-refractivity contribution in [2.45, 2.75) is 76.7 Å². The van der Waals surface area contributed by atoms with Crippen LogP contribution in [0.2, 0.25) is 10.0 Å². The van der Waals surface area contributed by atoms with Crippen molar-refractivity contribution < 1.29 is 38.1 Å². The van der Waals surface area contributed by atoms with Crippen LogP contribution in [0, 0.1) is 18.7 Å². The first-order valence-corrected chi connectivity index (χ1v) is 23.5. The van der Waals surface area contributed by atoms with E-state index < -0.39 is 53.6 Å². The largest absolute Gasteiger partial charge is 0.481 e. The van der Waals surface area contributed by atoms with Gasteiger partial charge in [-0.1, -0.05) is 41.4 Å². The number of hydrogen-bond acceptors (Lipinski definition) is 10. The average Bonchev–Trinajstić information content (AvgIpc) is 3.66. The lowest BCUT2D eigenvalue weighted by Crippen LogP contribution is -2.65. The molecule has 1 fully saturated rings. The number of piperidine rings is 1. The van der Waals surface area contributed by atoms with Gasteiger partial charge >= 0.3 is 5.97 Å². The van der Waals surface area contributed by atoms with Crippen LogP contribution in [0.1, 0.15) is 54.5 Å². The summed E-state index contributed by atoms with van der Waals surface area (Å²) >= 11 is 12.6. The Morgan fingerprint density at radius 3 is 2.39 bits per heavy atom. The fourth-order valence-electron chi connectivity index (χ4n) is 8.76. The highest BCUT2D eigenvalue weighted by Crippen LogP contribution is 2.35. The summed E-state index contributed by atoms with van der Waals surface area (Å²) in [5.74, 6) is -2.50. The van der Waals surface area contributed by atoms with Crippen molar-refractivity contribution in [1.29, 1.82) is 0 Å². The SMILES string of the molecule is COCC(NC(=O)C(C)NCc1c(F)cc(Cl)cc1Oc1ccc(-c2cnc(CN(C)C)n2C)cc1)C(=O)N(C)[C@@]1(Cc2ccc(Cl)cc2)CCCN(C(=O)C(CC(=O)O)Cc2cccc(C)n2)C1. The number of carbonyl (C=O) groups excluding carboxylic acids is 3. The van der Waals surface area contributed by atoms with Crippen LogP contribution in [0.15, 0.2) is 85.1 Å². The average molecular weight is 988 g/mol. The van der Waals surface area contributed by atoms with Gasteiger partial charge in [-0.2, -0.15) is 0 Å². The molecule has 3 aromatic carbocycles. The Kier molecular flexibility index (Phi) is 17.9. The lowest BCUT2D eigenvalue weighted by Gasteiger charge is -2.49. The summed E-state index contributed by atoms with van der Waals surface area (Å²) in [6.07, 6.45) is 2.90. The molecule has 3 N–H and O–H groups in total. The molecule has 0 aliphatic carbocycles. The van der Waals surface area contributed by atoms with Crippen LogP contribution in [0.25, 0.3) is 11.3 Å². The minimum Gasteiger partial charge on any atom is -0.481 e. The van der Waals surface area contributed by atoms with Crippen molar-refractivity contribution in [3.63, 3.8) is 0 Å². The zero-order valence-corrected chi connectivity index (χ0v) is 41.6. The quantitative estimate of drug-likeness (QED) is 0.0686. The predicted molar refractivity (Wildman–Crippen MR) is 263 cm³/mol. The van der Waals surface area contributed by atoms with Gasteiger partial charge in [0.2, 0.25) is 17.7 Å². The number of likely N-dealkylation sites (N-methyl/N-ethyl adjacent to an activating group) is 1. The highest BCUT2D eigenvalue weighted by molar-refractivity contribution is 6.31. The summed E-state index contributed by atoms with van der Waals surface area (Å²) in [7, 11) is 8.99. The van der Waals surface area contributed by atoms with Crippen molar-refractivity contribution in [2.75, 3.05) is 47.9 Å². The summed E-state index contributed by atoms with van der Waals surface area (Å²) in [5, 5.41) is 16.4. The van der Waals surface area contributed by atoms with E-state index >= 15 is 4.39 Å². The maximum absolute atomic E-state index is 15.6. The molecule has 3 unspecified atom stereocenters. The van der Waals surface area contributed by atoms with Crippen LogP contribution in [0.3, 0.4) is 0 Å². The third kappa shape index (κ3) is 13.7. The van der Waals surface area contributed by atoms with Gasteiger partial charge in [0.1, 0.15) is 29.2 Å². The number of benzene rings is 3. The molecule has 2 aromatic heterocycles. The van der Waals surface area contributed by atoms with E-state index in [1.807, 2.05) is 80.1 Å². The molecule has 0 saturated carbocycles. The van der Waals surface area contributed by atoms with E-state index in [1.165, 1.54) is 19.2 Å². The molecule has 0 spiro atoms. The van der Waals surface area contributed by atoms with Crippen LogP contribution in [0.5, 0.6) is 11.5 Å². The van der Waals surface area contributed by atoms with Crippen molar-refractivity contribution in [3.8, 4) is 22.8 Å². The number of nitrogens with zero attached hydrogens (tertiary/aromatic N) is 6. The second-order valence-electron chi connectivity index (χ2n) is 18.0. The number of aryl methyl sites for hydroxylation is 1. The lowest BCUT2D eigenvalue weighted by atomic mass is 9.80. The molecule has 69 heavy (non-hydrogen) atoms. The number of carboxylic acid groups (broad SMARTS) is 1. The molecule has 0 radical (unpaired) electrons. The first-order valence-electron chi connectivity index (χ1n) is 22.8. The van der Waals surface area contributed by atoms with Gasteiger partial charge in [-0.15, -0.1) is 0 Å². The third-order valence-corrected chi connectivity index (χ3v) is 13.0. The van der Waals surface area contributed by atoms with Gasteiger partial charge in [-0.3, -0.25) is 24.2 Å². The summed E-state index contributed by atoms with van der Waals surface area (Å²) in [6, 6.07) is 20.6. The van der Waals surface area contributed by atoms with E-state index in [2.05, 4.69) is 20.6 Å². The highest BCUT2D eigenvalue weighted by atomic mass is 35.5. The fourth-order valence-corrected chi connectivity index (χ4v) is 9.08. The molecule has 5 aromatic rings. The van der Waals surface area contributed by atoms with Crippen molar-refractivity contribution >= 4 is 46.9 Å². The number of amides is 3. The molecule has 3 heterocycles. The van der Waals surface area contributed by atoms with Gasteiger partial charge in [-0.25, -0.2) is 9.37 Å². The first-order chi connectivity index (χ1) is 32.9. The standard InChI is InChI=1S/C51H61Cl2FN8O7/c1-32-10-8-11-39(57-32)22-36(23-47(63)64)49(66)62-21-9-20-51(31-62,26-34-12-16-37(52)17-13-34)61(6)50(67)43(30-68-7)58-48(65)33(2)55-27-41-42(54)24-38(53)25-45(41)69-40-18-14-35(15-19-40)44-28-56-46(60(44)5)29-59(3)4/h8,10-19,24-25,28,33,36,43,55H,9,20-23,26-27,29-31H2,1-7H3,(H,58,65)(H,63,64)/t33?,36?,43?,51-/m1/s1. The Balaban J connectivity index is 1.17. The van der Waals surface area contributed by atoms with Crippen molar-refractivity contribution in [1.82, 2.24) is 39.9 Å². The fraction of sp³-hybridized carbons (Fsp3) is 0.412. The molecule has 3 amide bonds. The lowest BCUT2D eigenvalue weighted by molar-refractivity contribution is -0.151. The number of pyridine rings is 1. The number of aliphatic carboxylic acids is 1. The van der Waals surface area contributed by atoms with Crippen LogP contribution >= 0.6 is 23.2 Å². The van der Waals surface area contributed by atoms with Gasteiger partial charge in [0, 0.05) is 79.8 Å². The number of carboxylic acids is 1. The Hall–Kier alpha value is -5.91. The van der Waals surface area contributed by atoms with E-state index in [1.54, 1.807) is 54.1 Å². The second-order valence-corrected chi connectivity index (χ2v) is 18.9. The van der Waals surface area contributed by atoms with Crippen LogP contribution < -0.4 is 15.4 Å². The summed E-state index contributed by atoms with van der Waals surface area (Å²) in [4.78, 5) is 69.4. The minimum absolute atomic E-state index is 0.100. The number of methoxy groups -OCH3 is 1. The molecular formula is C51H61Cl2FN8O7. The van der Waals surface area contributed by atoms with E-state index in [9.17, 15) is 24.3 Å². The molecule has 1 aliphatic heterocycles. The predicted octanol–water partition coefficient (Wildman–Crippen LogP) is 7.10. The number of ether oxygens (including phenoxy) is 2. The monoisotopic (exact) mass is 986 g/mol. The Labute approximate surface area is 412 Å². The zero-order chi connectivity index (χ0) is 50.0. The van der Waals surface area contributed by atoms with Crippen molar-refractivity contribution in [2.24, 2.45) is 13.0 Å². The van der Waals surface area contributed by atoms with Gasteiger partial charge in [0.05, 0.1) is 49.0 Å².